The number of anilines is 1. The standard InChI is InChI=1S/C17H16N2O3/c1-21-17(20)10-12-9-16(18-11-13-5-4-8-22-13)14-6-2-3-7-15(14)19-12/h2-9H,10-11H2,1H3,(H,18,19). The van der Waals surface area contributed by atoms with Crippen LogP contribution in [0.2, 0.25) is 0 Å². The Labute approximate surface area is 127 Å². The number of nitrogens with zero attached hydrogens (tertiary/aromatic N) is 1. The van der Waals surface area contributed by atoms with Crippen molar-refractivity contribution in [3.63, 3.8) is 0 Å². The lowest BCUT2D eigenvalue weighted by molar-refractivity contribution is -0.139. The highest BCUT2D eigenvalue weighted by Crippen LogP contribution is 2.24. The first kappa shape index (κ1) is 14.1. The van der Waals surface area contributed by atoms with Crippen LogP contribution in [0.4, 0.5) is 5.69 Å². The summed E-state index contributed by atoms with van der Waals surface area (Å²) in [5.41, 5.74) is 2.43. The van der Waals surface area contributed by atoms with E-state index in [-0.39, 0.29) is 12.4 Å². The van der Waals surface area contributed by atoms with Crippen LogP contribution in [0.15, 0.2) is 53.1 Å². The van der Waals surface area contributed by atoms with E-state index < -0.39 is 0 Å². The first-order valence-electron chi connectivity index (χ1n) is 6.98. The van der Waals surface area contributed by atoms with Gasteiger partial charge in [-0.25, -0.2) is 0 Å². The second-order valence-electron chi connectivity index (χ2n) is 4.86. The summed E-state index contributed by atoms with van der Waals surface area (Å²) < 4.78 is 10.0. The molecule has 3 rings (SSSR count). The average molecular weight is 296 g/mol. The summed E-state index contributed by atoms with van der Waals surface area (Å²) in [6, 6.07) is 13.4. The Morgan fingerprint density at radius 1 is 1.27 bits per heavy atom. The molecule has 5 nitrogen and oxygen atoms in total. The summed E-state index contributed by atoms with van der Waals surface area (Å²) in [5.74, 6) is 0.537. The monoisotopic (exact) mass is 296 g/mol. The van der Waals surface area contributed by atoms with Crippen molar-refractivity contribution in [3.8, 4) is 0 Å². The van der Waals surface area contributed by atoms with Gasteiger partial charge in [-0.1, -0.05) is 18.2 Å². The Morgan fingerprint density at radius 2 is 2.14 bits per heavy atom. The van der Waals surface area contributed by atoms with Crippen molar-refractivity contribution in [1.82, 2.24) is 4.98 Å². The van der Waals surface area contributed by atoms with Gasteiger partial charge in [-0.3, -0.25) is 9.78 Å². The van der Waals surface area contributed by atoms with Crippen LogP contribution in [0.25, 0.3) is 10.9 Å². The number of benzene rings is 1. The first-order chi connectivity index (χ1) is 10.8. The molecule has 22 heavy (non-hydrogen) atoms. The van der Waals surface area contributed by atoms with Crippen molar-refractivity contribution in [3.05, 3.63) is 60.2 Å². The topological polar surface area (TPSA) is 64.4 Å². The number of hydrogen-bond donors (Lipinski definition) is 1. The summed E-state index contributed by atoms with van der Waals surface area (Å²) in [6.45, 7) is 0.568. The van der Waals surface area contributed by atoms with Gasteiger partial charge in [0.25, 0.3) is 0 Å². The summed E-state index contributed by atoms with van der Waals surface area (Å²) in [4.78, 5) is 16.0. The van der Waals surface area contributed by atoms with E-state index >= 15 is 0 Å². The minimum Gasteiger partial charge on any atom is -0.469 e. The smallest absolute Gasteiger partial charge is 0.311 e. The Bertz CT molecular complexity index is 782. The average Bonchev–Trinajstić information content (AvgIpc) is 3.06. The molecule has 3 aromatic rings. The molecule has 0 fully saturated rings. The summed E-state index contributed by atoms with van der Waals surface area (Å²) in [5, 5.41) is 4.34. The molecular formula is C17H16N2O3. The molecule has 0 aliphatic heterocycles. The number of carbonyl (C=O) groups excluding carboxylic acids is 1. The highest BCUT2D eigenvalue weighted by atomic mass is 16.5. The largest absolute Gasteiger partial charge is 0.469 e. The number of fused-ring (bicyclic) bond motifs is 1. The number of pyridine rings is 1. The van der Waals surface area contributed by atoms with E-state index in [4.69, 9.17) is 9.15 Å². The van der Waals surface area contributed by atoms with Gasteiger partial charge < -0.3 is 14.5 Å². The third kappa shape index (κ3) is 3.09. The molecular weight excluding hydrogens is 280 g/mol. The molecule has 0 aliphatic rings. The van der Waals surface area contributed by atoms with E-state index in [9.17, 15) is 4.79 Å². The summed E-state index contributed by atoms with van der Waals surface area (Å²) in [6.07, 6.45) is 1.79. The molecule has 112 valence electrons. The predicted molar refractivity (Wildman–Crippen MR) is 83.5 cm³/mol. The molecule has 2 heterocycles. The van der Waals surface area contributed by atoms with Crippen LogP contribution in [-0.2, 0) is 22.5 Å². The summed E-state index contributed by atoms with van der Waals surface area (Å²) in [7, 11) is 1.37. The van der Waals surface area contributed by atoms with Crippen molar-refractivity contribution in [2.24, 2.45) is 0 Å². The van der Waals surface area contributed by atoms with Gasteiger partial charge in [-0.15, -0.1) is 0 Å². The molecule has 1 N–H and O–H groups in total. The number of nitrogens with one attached hydrogen (secondary N) is 1. The van der Waals surface area contributed by atoms with Crippen molar-refractivity contribution in [2.75, 3.05) is 12.4 Å². The zero-order valence-electron chi connectivity index (χ0n) is 12.2. The molecule has 0 bridgehead atoms. The molecule has 5 heteroatoms. The zero-order chi connectivity index (χ0) is 15.4. The van der Waals surface area contributed by atoms with Gasteiger partial charge in [0.1, 0.15) is 5.76 Å². The second kappa shape index (κ2) is 6.30. The molecule has 0 aliphatic carbocycles. The maximum Gasteiger partial charge on any atom is 0.311 e. The molecule has 1 aromatic carbocycles. The number of esters is 1. The highest BCUT2D eigenvalue weighted by Gasteiger charge is 2.09. The molecule has 0 saturated heterocycles. The number of ether oxygens (including phenoxy) is 1. The van der Waals surface area contributed by atoms with E-state index in [0.717, 1.165) is 22.4 Å². The fourth-order valence-corrected chi connectivity index (χ4v) is 2.28. The molecule has 0 unspecified atom stereocenters. The Balaban J connectivity index is 1.93. The van der Waals surface area contributed by atoms with Gasteiger partial charge in [0.05, 0.1) is 37.5 Å². The lowest BCUT2D eigenvalue weighted by Crippen LogP contribution is -2.07. The fraction of sp³-hybridized carbons (Fsp3) is 0.176. The van der Waals surface area contributed by atoms with Gasteiger partial charge in [-0.05, 0) is 24.3 Å². The fourth-order valence-electron chi connectivity index (χ4n) is 2.28. The number of aromatic nitrogens is 1. The third-order valence-corrected chi connectivity index (χ3v) is 3.36. The van der Waals surface area contributed by atoms with Crippen LogP contribution in [0, 0.1) is 0 Å². The minimum atomic E-state index is -0.306. The summed E-state index contributed by atoms with van der Waals surface area (Å²) >= 11 is 0. The number of hydrogen-bond acceptors (Lipinski definition) is 5. The van der Waals surface area contributed by atoms with E-state index in [2.05, 4.69) is 10.3 Å². The Kier molecular flexibility index (Phi) is 4.05. The molecule has 0 spiro atoms. The van der Waals surface area contributed by atoms with Gasteiger partial charge in [-0.2, -0.15) is 0 Å². The maximum atomic E-state index is 11.5. The van der Waals surface area contributed by atoms with E-state index in [1.54, 1.807) is 6.26 Å². The van der Waals surface area contributed by atoms with Crippen LogP contribution in [0.5, 0.6) is 0 Å². The van der Waals surface area contributed by atoms with Crippen LogP contribution in [0.1, 0.15) is 11.5 Å². The van der Waals surface area contributed by atoms with E-state index in [1.165, 1.54) is 7.11 Å². The molecule has 0 amide bonds. The SMILES string of the molecule is COC(=O)Cc1cc(NCc2ccco2)c2ccccc2n1. The normalized spacial score (nSPS) is 10.6. The second-order valence-corrected chi connectivity index (χ2v) is 4.86. The van der Waals surface area contributed by atoms with Crippen molar-refractivity contribution in [1.29, 1.82) is 0 Å². The maximum absolute atomic E-state index is 11.5. The zero-order valence-corrected chi connectivity index (χ0v) is 12.2. The quantitative estimate of drug-likeness (QED) is 0.733. The number of furan rings is 1. The number of carbonyl (C=O) groups is 1. The van der Waals surface area contributed by atoms with Gasteiger partial charge in [0, 0.05) is 11.1 Å². The molecule has 0 saturated carbocycles. The Hall–Kier alpha value is -2.82. The third-order valence-electron chi connectivity index (χ3n) is 3.36. The highest BCUT2D eigenvalue weighted by molar-refractivity contribution is 5.91. The van der Waals surface area contributed by atoms with Gasteiger partial charge in [0.15, 0.2) is 0 Å². The number of methoxy groups -OCH3 is 1. The van der Waals surface area contributed by atoms with Gasteiger partial charge >= 0.3 is 5.97 Å². The number of para-hydroxylation sites is 1. The Morgan fingerprint density at radius 3 is 2.91 bits per heavy atom. The van der Waals surface area contributed by atoms with Crippen LogP contribution >= 0.6 is 0 Å². The molecule has 0 radical (unpaired) electrons. The van der Waals surface area contributed by atoms with Crippen LogP contribution < -0.4 is 5.32 Å². The molecule has 0 atom stereocenters. The predicted octanol–water partition coefficient (Wildman–Crippen LogP) is 3.16. The van der Waals surface area contributed by atoms with E-state index in [0.29, 0.717) is 12.2 Å². The van der Waals surface area contributed by atoms with Crippen LogP contribution in [-0.4, -0.2) is 18.1 Å². The number of rotatable bonds is 5. The first-order valence-corrected chi connectivity index (χ1v) is 6.98. The van der Waals surface area contributed by atoms with Crippen molar-refractivity contribution >= 4 is 22.6 Å². The molecule has 2 aromatic heterocycles. The van der Waals surface area contributed by atoms with Crippen molar-refractivity contribution in [2.45, 2.75) is 13.0 Å². The van der Waals surface area contributed by atoms with Crippen molar-refractivity contribution < 1.29 is 13.9 Å². The van der Waals surface area contributed by atoms with Crippen LogP contribution in [0.3, 0.4) is 0 Å². The lowest BCUT2D eigenvalue weighted by Gasteiger charge is -2.11. The minimum absolute atomic E-state index is 0.150. The lowest BCUT2D eigenvalue weighted by atomic mass is 10.1. The van der Waals surface area contributed by atoms with E-state index in [1.807, 2.05) is 42.5 Å². The van der Waals surface area contributed by atoms with Gasteiger partial charge in [0.2, 0.25) is 0 Å².